The van der Waals surface area contributed by atoms with Crippen LogP contribution in [0.4, 0.5) is 10.5 Å². The third-order valence-electron chi connectivity index (χ3n) is 4.62. The van der Waals surface area contributed by atoms with Crippen LogP contribution < -0.4 is 15.4 Å². The summed E-state index contributed by atoms with van der Waals surface area (Å²) in [4.78, 5) is 10.9. The van der Waals surface area contributed by atoms with E-state index in [1.54, 1.807) is 31.2 Å². The quantitative estimate of drug-likeness (QED) is 0.283. The molecule has 170 valence electrons. The smallest absolute Gasteiger partial charge is 0.321 e. The molecular weight excluding hydrogens is 522 g/mol. The van der Waals surface area contributed by atoms with E-state index in [0.717, 1.165) is 11.0 Å². The zero-order chi connectivity index (χ0) is 23.8. The molecule has 1 atom stereocenters. The molecule has 0 radical (unpaired) electrons. The second-order valence-corrected chi connectivity index (χ2v) is 10.2. The number of rotatable bonds is 5. The van der Waals surface area contributed by atoms with Crippen LogP contribution in [0.5, 0.6) is 5.75 Å². The highest BCUT2D eigenvalue weighted by Crippen LogP contribution is 2.47. The topological polar surface area (TPSA) is 110 Å². The number of carbonyl (C=O) groups excluding carboxylic acids is 1. The summed E-state index contributed by atoms with van der Waals surface area (Å²) in [5.74, 6) is -0.0669. The summed E-state index contributed by atoms with van der Waals surface area (Å²) >= 11 is 25.5. The maximum atomic E-state index is 12.6. The SMILES string of the molecule is Cc1cc(Cl)ccc1N(C(N)=O)C1(Cl)CC(S(=O)(=O)O)=CC(Cl)=C1Oc1ccccc1Cl. The van der Waals surface area contributed by atoms with Crippen LogP contribution in [0.2, 0.25) is 10.0 Å². The van der Waals surface area contributed by atoms with Crippen molar-refractivity contribution in [3.63, 3.8) is 0 Å². The Morgan fingerprint density at radius 2 is 1.84 bits per heavy atom. The molecule has 0 saturated heterocycles. The first-order valence-electron chi connectivity index (χ1n) is 8.90. The van der Waals surface area contributed by atoms with Gasteiger partial charge in [-0.2, -0.15) is 8.42 Å². The molecule has 0 spiro atoms. The highest BCUT2D eigenvalue weighted by molar-refractivity contribution is 7.89. The number of nitrogens with two attached hydrogens (primary N) is 1. The van der Waals surface area contributed by atoms with Crippen molar-refractivity contribution < 1.29 is 22.5 Å². The molecule has 3 N–H and O–H groups in total. The van der Waals surface area contributed by atoms with Gasteiger partial charge in [0, 0.05) is 11.4 Å². The molecule has 2 aromatic rings. The number of halogens is 4. The van der Waals surface area contributed by atoms with Crippen molar-refractivity contribution in [2.24, 2.45) is 5.73 Å². The van der Waals surface area contributed by atoms with Gasteiger partial charge < -0.3 is 10.5 Å². The number of alkyl halides is 1. The van der Waals surface area contributed by atoms with Gasteiger partial charge in [-0.15, -0.1) is 0 Å². The van der Waals surface area contributed by atoms with E-state index >= 15 is 0 Å². The van der Waals surface area contributed by atoms with Crippen LogP contribution in [-0.2, 0) is 10.1 Å². The molecule has 7 nitrogen and oxygen atoms in total. The predicted octanol–water partition coefficient (Wildman–Crippen LogP) is 5.83. The van der Waals surface area contributed by atoms with Crippen LogP contribution in [0.1, 0.15) is 12.0 Å². The van der Waals surface area contributed by atoms with Gasteiger partial charge in [-0.05, 0) is 48.9 Å². The Morgan fingerprint density at radius 3 is 2.41 bits per heavy atom. The molecule has 0 saturated carbocycles. The summed E-state index contributed by atoms with van der Waals surface area (Å²) in [6.07, 6.45) is 0.381. The number of carbonyl (C=O) groups is 1. The number of allylic oxidation sites excluding steroid dienone is 2. The highest BCUT2D eigenvalue weighted by atomic mass is 35.5. The molecule has 2 amide bonds. The summed E-state index contributed by atoms with van der Waals surface area (Å²) in [7, 11) is -4.72. The maximum Gasteiger partial charge on any atom is 0.321 e. The first-order chi connectivity index (χ1) is 14.8. The number of primary amides is 1. The molecule has 0 aromatic heterocycles. The van der Waals surface area contributed by atoms with Crippen LogP contribution >= 0.6 is 46.4 Å². The van der Waals surface area contributed by atoms with Crippen LogP contribution in [0, 0.1) is 6.92 Å². The minimum Gasteiger partial charge on any atom is -0.455 e. The van der Waals surface area contributed by atoms with Gasteiger partial charge in [0.15, 0.2) is 10.8 Å². The molecule has 1 unspecified atom stereocenters. The molecule has 1 aliphatic carbocycles. The minimum absolute atomic E-state index is 0.147. The number of urea groups is 1. The van der Waals surface area contributed by atoms with E-state index in [1.807, 2.05) is 0 Å². The zero-order valence-corrected chi connectivity index (χ0v) is 20.2. The number of hydrogen-bond donors (Lipinski definition) is 2. The van der Waals surface area contributed by atoms with E-state index in [9.17, 15) is 17.8 Å². The Balaban J connectivity index is 2.27. The monoisotopic (exact) mass is 536 g/mol. The highest BCUT2D eigenvalue weighted by Gasteiger charge is 2.50. The standard InChI is InChI=1S/C20H16Cl4N2O5S/c1-11-8-12(21)6-7-16(11)26(19(25)27)20(24)10-13(32(28,29)30)9-15(23)18(20)31-17-5-3-2-4-14(17)22/h2-9H,10H2,1H3,(H2,25,27)(H,28,29,30). The maximum absolute atomic E-state index is 12.6. The second kappa shape index (κ2) is 9.13. The zero-order valence-electron chi connectivity index (χ0n) is 16.4. The molecule has 1 aliphatic rings. The predicted molar refractivity (Wildman–Crippen MR) is 126 cm³/mol. The Kier molecular flexibility index (Phi) is 7.05. The number of benzene rings is 2. The third kappa shape index (κ3) is 4.85. The lowest BCUT2D eigenvalue weighted by Crippen LogP contribution is -2.54. The molecular formula is C20H16Cl4N2O5S. The molecule has 3 rings (SSSR count). The molecule has 0 bridgehead atoms. The first kappa shape index (κ1) is 24.7. The molecule has 12 heteroatoms. The van der Waals surface area contributed by atoms with Gasteiger partial charge in [-0.25, -0.2) is 4.79 Å². The summed E-state index contributed by atoms with van der Waals surface area (Å²) in [6, 6.07) is 9.91. The summed E-state index contributed by atoms with van der Waals surface area (Å²) in [5, 5.41) is 0.320. The fraction of sp³-hybridized carbons (Fsp3) is 0.150. The lowest BCUT2D eigenvalue weighted by molar-refractivity contribution is 0.247. The van der Waals surface area contributed by atoms with E-state index in [0.29, 0.717) is 10.6 Å². The van der Waals surface area contributed by atoms with Crippen LogP contribution in [0.25, 0.3) is 0 Å². The van der Waals surface area contributed by atoms with E-state index in [1.165, 1.54) is 18.2 Å². The van der Waals surface area contributed by atoms with Crippen LogP contribution in [0.15, 0.2) is 64.2 Å². The number of para-hydroxylation sites is 1. The summed E-state index contributed by atoms with van der Waals surface area (Å²) in [6.45, 7) is 1.65. The van der Waals surface area contributed by atoms with Crippen LogP contribution in [-0.4, -0.2) is 24.0 Å². The molecule has 0 aliphatic heterocycles. The third-order valence-corrected chi connectivity index (χ3v) is 6.84. The van der Waals surface area contributed by atoms with E-state index in [-0.39, 0.29) is 27.3 Å². The Bertz CT molecular complexity index is 1260. The number of anilines is 1. The van der Waals surface area contributed by atoms with Gasteiger partial charge in [-0.3, -0.25) is 9.45 Å². The minimum atomic E-state index is -4.72. The Morgan fingerprint density at radius 1 is 1.19 bits per heavy atom. The van der Waals surface area contributed by atoms with Crippen molar-refractivity contribution in [3.05, 3.63) is 79.8 Å². The number of hydrogen-bond acceptors (Lipinski definition) is 4. The van der Waals surface area contributed by atoms with Crippen molar-refractivity contribution in [2.75, 3.05) is 4.90 Å². The van der Waals surface area contributed by atoms with Crippen molar-refractivity contribution in [3.8, 4) is 5.75 Å². The molecule has 32 heavy (non-hydrogen) atoms. The Labute approximate surface area is 204 Å². The molecule has 0 heterocycles. The summed E-state index contributed by atoms with van der Waals surface area (Å²) < 4.78 is 39.3. The summed E-state index contributed by atoms with van der Waals surface area (Å²) in [5.41, 5.74) is 6.40. The lowest BCUT2D eigenvalue weighted by atomic mass is 10.0. The fourth-order valence-corrected chi connectivity index (χ4v) is 5.25. The number of amides is 2. The largest absolute Gasteiger partial charge is 0.455 e. The lowest BCUT2D eigenvalue weighted by Gasteiger charge is -2.41. The van der Waals surface area contributed by atoms with E-state index in [4.69, 9.17) is 56.9 Å². The van der Waals surface area contributed by atoms with E-state index in [2.05, 4.69) is 0 Å². The van der Waals surface area contributed by atoms with Crippen molar-refractivity contribution in [1.82, 2.24) is 0 Å². The van der Waals surface area contributed by atoms with Gasteiger partial charge in [0.05, 0.1) is 20.6 Å². The van der Waals surface area contributed by atoms with Gasteiger partial charge >= 0.3 is 6.03 Å². The van der Waals surface area contributed by atoms with Gasteiger partial charge in [0.1, 0.15) is 5.75 Å². The van der Waals surface area contributed by atoms with Crippen molar-refractivity contribution >= 4 is 68.2 Å². The fourth-order valence-electron chi connectivity index (χ4n) is 3.22. The first-order valence-corrected chi connectivity index (χ1v) is 11.8. The van der Waals surface area contributed by atoms with Crippen molar-refractivity contribution in [1.29, 1.82) is 0 Å². The van der Waals surface area contributed by atoms with Crippen LogP contribution in [0.3, 0.4) is 0 Å². The number of nitrogens with zero attached hydrogens (tertiary/aromatic N) is 1. The van der Waals surface area contributed by atoms with Gasteiger partial charge in [-0.1, -0.05) is 58.5 Å². The normalized spacial score (nSPS) is 18.9. The Hall–Kier alpha value is -1.94. The average molecular weight is 538 g/mol. The van der Waals surface area contributed by atoms with Gasteiger partial charge in [0.25, 0.3) is 10.1 Å². The average Bonchev–Trinajstić information content (AvgIpc) is 2.67. The number of aryl methyl sites for hydroxylation is 1. The van der Waals surface area contributed by atoms with E-state index < -0.39 is 32.5 Å². The number of ether oxygens (including phenoxy) is 1. The molecule has 2 aromatic carbocycles. The second-order valence-electron chi connectivity index (χ2n) is 6.84. The van der Waals surface area contributed by atoms with Gasteiger partial charge in [0.2, 0.25) is 0 Å². The van der Waals surface area contributed by atoms with Crippen molar-refractivity contribution in [2.45, 2.75) is 18.3 Å². The molecule has 0 fully saturated rings.